The van der Waals surface area contributed by atoms with Crippen LogP contribution in [0.2, 0.25) is 0 Å². The lowest BCUT2D eigenvalue weighted by atomic mass is 9.99. The second-order valence-electron chi connectivity index (χ2n) is 5.97. The minimum atomic E-state index is -1.11. The predicted octanol–water partition coefficient (Wildman–Crippen LogP) is 1.28. The van der Waals surface area contributed by atoms with E-state index in [0.717, 1.165) is 25.7 Å². The van der Waals surface area contributed by atoms with Crippen molar-refractivity contribution in [2.24, 2.45) is 0 Å². The monoisotopic (exact) mass is 284 g/mol. The number of urea groups is 1. The van der Waals surface area contributed by atoms with E-state index in [0.29, 0.717) is 19.4 Å². The Kier molecular flexibility index (Phi) is 4.52. The molecule has 1 atom stereocenters. The maximum absolute atomic E-state index is 12.7. The number of carboxylic acid groups (broad SMARTS) is 1. The number of aliphatic carboxylic acids is 1. The number of hydrogen-bond acceptors (Lipinski definition) is 3. The third-order valence-electron chi connectivity index (χ3n) is 4.68. The summed E-state index contributed by atoms with van der Waals surface area (Å²) in [6.07, 6.45) is 5.29. The maximum Gasteiger partial charge on any atom is 0.329 e. The predicted molar refractivity (Wildman–Crippen MR) is 73.4 cm³/mol. The van der Waals surface area contributed by atoms with Gasteiger partial charge in [-0.15, -0.1) is 0 Å². The summed E-state index contributed by atoms with van der Waals surface area (Å²) in [5, 5.41) is 18.6. The van der Waals surface area contributed by atoms with Crippen LogP contribution in [0.4, 0.5) is 4.79 Å². The van der Waals surface area contributed by atoms with Gasteiger partial charge in [-0.05, 0) is 32.6 Å². The fourth-order valence-electron chi connectivity index (χ4n) is 3.41. The minimum absolute atomic E-state index is 0.0835. The molecule has 2 N–H and O–H groups in total. The Bertz CT molecular complexity index is 381. The lowest BCUT2D eigenvalue weighted by Crippen LogP contribution is -2.57. The number of hydrogen-bond donors (Lipinski definition) is 2. The van der Waals surface area contributed by atoms with Gasteiger partial charge in [0.1, 0.15) is 5.54 Å². The van der Waals surface area contributed by atoms with Crippen LogP contribution in [0.5, 0.6) is 0 Å². The molecule has 20 heavy (non-hydrogen) atoms. The van der Waals surface area contributed by atoms with Crippen LogP contribution in [0.3, 0.4) is 0 Å². The van der Waals surface area contributed by atoms with Gasteiger partial charge in [-0.25, -0.2) is 9.59 Å². The lowest BCUT2D eigenvalue weighted by molar-refractivity contribution is -0.147. The molecule has 2 rings (SSSR count). The topological polar surface area (TPSA) is 81.1 Å². The Morgan fingerprint density at radius 1 is 1.30 bits per heavy atom. The first kappa shape index (κ1) is 15.1. The number of nitrogens with zero attached hydrogens (tertiary/aromatic N) is 2. The van der Waals surface area contributed by atoms with Crippen LogP contribution in [0, 0.1) is 0 Å². The average Bonchev–Trinajstić information content (AvgIpc) is 3.05. The summed E-state index contributed by atoms with van der Waals surface area (Å²) < 4.78 is 0. The van der Waals surface area contributed by atoms with Gasteiger partial charge in [-0.2, -0.15) is 0 Å². The molecule has 6 nitrogen and oxygen atoms in total. The van der Waals surface area contributed by atoms with Gasteiger partial charge in [0.05, 0.1) is 6.61 Å². The van der Waals surface area contributed by atoms with E-state index in [1.807, 2.05) is 0 Å². The van der Waals surface area contributed by atoms with E-state index >= 15 is 0 Å². The molecule has 0 bridgehead atoms. The first-order valence-electron chi connectivity index (χ1n) is 7.43. The lowest BCUT2D eigenvalue weighted by Gasteiger charge is -2.38. The van der Waals surface area contributed by atoms with Crippen LogP contribution in [-0.2, 0) is 4.79 Å². The summed E-state index contributed by atoms with van der Waals surface area (Å²) in [5.74, 6) is -0.946. The molecular formula is C14H24N2O4. The van der Waals surface area contributed by atoms with Crippen LogP contribution in [0.15, 0.2) is 0 Å². The molecule has 1 aliphatic carbocycles. The quantitative estimate of drug-likeness (QED) is 0.815. The van der Waals surface area contributed by atoms with Gasteiger partial charge in [0.25, 0.3) is 0 Å². The summed E-state index contributed by atoms with van der Waals surface area (Å²) in [4.78, 5) is 27.4. The second kappa shape index (κ2) is 5.99. The normalized spacial score (nSPS) is 27.0. The fraction of sp³-hybridized carbons (Fsp3) is 0.857. The number of carbonyl (C=O) groups excluding carboxylic acids is 1. The zero-order valence-corrected chi connectivity index (χ0v) is 12.0. The Labute approximate surface area is 119 Å². The molecule has 0 aromatic rings. The van der Waals surface area contributed by atoms with E-state index < -0.39 is 11.5 Å². The summed E-state index contributed by atoms with van der Waals surface area (Å²) in [6.45, 7) is 2.30. The second-order valence-corrected chi connectivity index (χ2v) is 5.97. The molecule has 1 unspecified atom stereocenters. The Hall–Kier alpha value is -1.30. The number of carbonyl (C=O) groups is 2. The highest BCUT2D eigenvalue weighted by Gasteiger charge is 2.47. The third-order valence-corrected chi connectivity index (χ3v) is 4.68. The summed E-state index contributed by atoms with van der Waals surface area (Å²) in [6, 6.07) is -0.0818. The standard InChI is InChI=1S/C14H24N2O4/c1-14(12(18)19)7-4-8-16(14)13(20)15(9-10-17)11-5-2-3-6-11/h11,17H,2-10H2,1H3,(H,18,19). The number of aliphatic hydroxyl groups excluding tert-OH is 1. The van der Waals surface area contributed by atoms with Crippen LogP contribution < -0.4 is 0 Å². The van der Waals surface area contributed by atoms with Gasteiger partial charge in [-0.3, -0.25) is 0 Å². The molecule has 0 aromatic heterocycles. The van der Waals surface area contributed by atoms with Crippen LogP contribution in [0.25, 0.3) is 0 Å². The number of rotatable bonds is 4. The summed E-state index contributed by atoms with van der Waals surface area (Å²) in [5.41, 5.74) is -1.11. The zero-order valence-electron chi connectivity index (χ0n) is 12.0. The smallest absolute Gasteiger partial charge is 0.329 e. The van der Waals surface area contributed by atoms with Crippen LogP contribution in [0.1, 0.15) is 45.4 Å². The number of likely N-dealkylation sites (tertiary alicyclic amines) is 1. The van der Waals surface area contributed by atoms with Crippen molar-refractivity contribution in [3.63, 3.8) is 0 Å². The van der Waals surface area contributed by atoms with Crippen molar-refractivity contribution >= 4 is 12.0 Å². The van der Waals surface area contributed by atoms with Crippen molar-refractivity contribution in [2.45, 2.75) is 57.0 Å². The van der Waals surface area contributed by atoms with Crippen molar-refractivity contribution in [2.75, 3.05) is 19.7 Å². The molecule has 114 valence electrons. The number of aliphatic hydroxyl groups is 1. The molecule has 2 fully saturated rings. The minimum Gasteiger partial charge on any atom is -0.480 e. The fourth-order valence-corrected chi connectivity index (χ4v) is 3.41. The zero-order chi connectivity index (χ0) is 14.8. The van der Waals surface area contributed by atoms with Crippen LogP contribution >= 0.6 is 0 Å². The van der Waals surface area contributed by atoms with Gasteiger partial charge in [-0.1, -0.05) is 12.8 Å². The van der Waals surface area contributed by atoms with Crippen molar-refractivity contribution in [1.82, 2.24) is 9.80 Å². The van der Waals surface area contributed by atoms with Gasteiger partial charge in [0.15, 0.2) is 0 Å². The van der Waals surface area contributed by atoms with E-state index in [-0.39, 0.29) is 25.2 Å². The molecule has 1 aliphatic heterocycles. The van der Waals surface area contributed by atoms with E-state index in [9.17, 15) is 19.8 Å². The highest BCUT2D eigenvalue weighted by Crippen LogP contribution is 2.32. The van der Waals surface area contributed by atoms with E-state index in [1.165, 1.54) is 4.90 Å². The Morgan fingerprint density at radius 3 is 2.50 bits per heavy atom. The number of amides is 2. The highest BCUT2D eigenvalue weighted by molar-refractivity contribution is 5.86. The summed E-state index contributed by atoms with van der Waals surface area (Å²) >= 11 is 0. The molecule has 6 heteroatoms. The van der Waals surface area contributed by atoms with Gasteiger partial charge in [0.2, 0.25) is 0 Å². The number of carboxylic acids is 1. The SMILES string of the molecule is CC1(C(=O)O)CCCN1C(=O)N(CCO)C1CCCC1. The van der Waals surface area contributed by atoms with Crippen LogP contribution in [-0.4, -0.2) is 63.3 Å². The van der Waals surface area contributed by atoms with Crippen molar-refractivity contribution in [3.8, 4) is 0 Å². The molecule has 0 radical (unpaired) electrons. The van der Waals surface area contributed by atoms with E-state index in [2.05, 4.69) is 0 Å². The van der Waals surface area contributed by atoms with Gasteiger partial charge < -0.3 is 20.0 Å². The van der Waals surface area contributed by atoms with Crippen molar-refractivity contribution in [1.29, 1.82) is 0 Å². The van der Waals surface area contributed by atoms with Crippen molar-refractivity contribution < 1.29 is 19.8 Å². The van der Waals surface area contributed by atoms with E-state index in [1.54, 1.807) is 11.8 Å². The third kappa shape index (κ3) is 2.61. The Balaban J connectivity index is 2.16. The maximum atomic E-state index is 12.7. The van der Waals surface area contributed by atoms with E-state index in [4.69, 9.17) is 0 Å². The van der Waals surface area contributed by atoms with Gasteiger partial charge >= 0.3 is 12.0 Å². The first-order chi connectivity index (χ1) is 9.50. The Morgan fingerprint density at radius 2 is 1.95 bits per heavy atom. The molecule has 0 spiro atoms. The molecule has 1 saturated carbocycles. The molecule has 2 aliphatic rings. The average molecular weight is 284 g/mol. The van der Waals surface area contributed by atoms with Gasteiger partial charge in [0, 0.05) is 19.1 Å². The largest absolute Gasteiger partial charge is 0.480 e. The molecule has 1 heterocycles. The molecular weight excluding hydrogens is 260 g/mol. The molecule has 0 aromatic carbocycles. The van der Waals surface area contributed by atoms with Crippen molar-refractivity contribution in [3.05, 3.63) is 0 Å². The molecule has 2 amide bonds. The highest BCUT2D eigenvalue weighted by atomic mass is 16.4. The summed E-state index contributed by atoms with van der Waals surface area (Å²) in [7, 11) is 0. The molecule has 1 saturated heterocycles. The first-order valence-corrected chi connectivity index (χ1v) is 7.43.